The zero-order chi connectivity index (χ0) is 21.3. The summed E-state index contributed by atoms with van der Waals surface area (Å²) in [6.07, 6.45) is 2.79. The van der Waals surface area contributed by atoms with Gasteiger partial charge in [-0.1, -0.05) is 0 Å². The Morgan fingerprint density at radius 2 is 2.23 bits per heavy atom. The standard InChI is InChI=1S/C19H24F2N6O3/c1-9(11-6-10(20)2-3-12(11)21)24-19(29)16-15-17(22-8-23-18(15)27-26-16)25-13-4-5-30-7-14(13)28/h2-3,8-9,11,13-15,17,25,28H,4-7H2,1H3,(H,24,29)(H,22,23,27)/t9-,11?,13-,14-,15?,17?/m1/s1. The number of hydrogen-bond acceptors (Lipinski definition) is 8. The highest BCUT2D eigenvalue weighted by Gasteiger charge is 2.42. The number of halogens is 2. The number of amides is 1. The maximum absolute atomic E-state index is 14.1. The summed E-state index contributed by atoms with van der Waals surface area (Å²) in [5, 5.41) is 20.2. The first kappa shape index (κ1) is 20.8. The lowest BCUT2D eigenvalue weighted by Gasteiger charge is -2.33. The van der Waals surface area contributed by atoms with E-state index in [2.05, 4.69) is 31.1 Å². The minimum atomic E-state index is -0.780. The predicted octanol–water partition coefficient (Wildman–Crippen LogP) is 0.299. The molecule has 0 aromatic rings. The third kappa shape index (κ3) is 4.18. The van der Waals surface area contributed by atoms with Crippen LogP contribution in [0.25, 0.3) is 0 Å². The molecule has 0 spiro atoms. The van der Waals surface area contributed by atoms with E-state index in [4.69, 9.17) is 4.74 Å². The van der Waals surface area contributed by atoms with Crippen LogP contribution in [0.15, 0.2) is 38.9 Å². The number of fused-ring (bicyclic) bond motifs is 1. The number of rotatable bonds is 5. The first-order chi connectivity index (χ1) is 14.4. The van der Waals surface area contributed by atoms with Crippen LogP contribution in [0, 0.1) is 11.8 Å². The molecule has 4 aliphatic rings. The molecule has 0 bridgehead atoms. The van der Waals surface area contributed by atoms with Gasteiger partial charge in [0, 0.05) is 31.0 Å². The summed E-state index contributed by atoms with van der Waals surface area (Å²) < 4.78 is 32.9. The first-order valence-corrected chi connectivity index (χ1v) is 9.91. The van der Waals surface area contributed by atoms with Crippen LogP contribution >= 0.6 is 0 Å². The van der Waals surface area contributed by atoms with Crippen molar-refractivity contribution in [2.75, 3.05) is 13.2 Å². The third-order valence-corrected chi connectivity index (χ3v) is 5.72. The summed E-state index contributed by atoms with van der Waals surface area (Å²) in [5.41, 5.74) is 2.89. The molecule has 4 N–H and O–H groups in total. The molecule has 162 valence electrons. The number of nitrogens with one attached hydrogen (secondary N) is 3. The molecule has 4 rings (SSSR count). The van der Waals surface area contributed by atoms with Crippen LogP contribution in [-0.4, -0.2) is 66.5 Å². The molecule has 3 aliphatic heterocycles. The lowest BCUT2D eigenvalue weighted by Crippen LogP contribution is -2.56. The molecule has 3 heterocycles. The zero-order valence-electron chi connectivity index (χ0n) is 16.4. The van der Waals surface area contributed by atoms with Crippen molar-refractivity contribution in [3.05, 3.63) is 23.8 Å². The number of carbonyl (C=O) groups excluding carboxylic acids is 1. The van der Waals surface area contributed by atoms with E-state index in [1.807, 2.05) is 0 Å². The highest BCUT2D eigenvalue weighted by Crippen LogP contribution is 2.30. The number of aliphatic hydroxyl groups excluding tert-OH is 1. The fraction of sp³-hybridized carbons (Fsp3) is 0.579. The van der Waals surface area contributed by atoms with Gasteiger partial charge < -0.3 is 15.2 Å². The van der Waals surface area contributed by atoms with Gasteiger partial charge in [-0.25, -0.2) is 13.8 Å². The number of carbonyl (C=O) groups is 1. The summed E-state index contributed by atoms with van der Waals surface area (Å²) in [4.78, 5) is 21.4. The maximum atomic E-state index is 14.1. The smallest absolute Gasteiger partial charge is 0.268 e. The topological polar surface area (TPSA) is 120 Å². The van der Waals surface area contributed by atoms with E-state index < -0.39 is 47.7 Å². The summed E-state index contributed by atoms with van der Waals surface area (Å²) >= 11 is 0. The van der Waals surface area contributed by atoms with Crippen molar-refractivity contribution in [2.45, 2.75) is 44.1 Å². The maximum Gasteiger partial charge on any atom is 0.268 e. The molecular weight excluding hydrogens is 398 g/mol. The van der Waals surface area contributed by atoms with E-state index in [9.17, 15) is 18.7 Å². The largest absolute Gasteiger partial charge is 0.389 e. The van der Waals surface area contributed by atoms with Crippen molar-refractivity contribution in [1.82, 2.24) is 16.1 Å². The molecule has 0 radical (unpaired) electrons. The highest BCUT2D eigenvalue weighted by molar-refractivity contribution is 6.45. The monoisotopic (exact) mass is 422 g/mol. The fourth-order valence-electron chi connectivity index (χ4n) is 3.98. The highest BCUT2D eigenvalue weighted by atomic mass is 19.1. The summed E-state index contributed by atoms with van der Waals surface area (Å²) in [6.45, 7) is 2.36. The van der Waals surface area contributed by atoms with Crippen LogP contribution in [-0.2, 0) is 9.53 Å². The summed E-state index contributed by atoms with van der Waals surface area (Å²) in [6, 6.07) is -0.895. The number of aliphatic imine (C=N–C) groups is 2. The Bertz CT molecular complexity index is 855. The van der Waals surface area contributed by atoms with E-state index in [1.54, 1.807) is 6.92 Å². The van der Waals surface area contributed by atoms with Gasteiger partial charge in [0.05, 0.1) is 12.7 Å². The zero-order valence-corrected chi connectivity index (χ0v) is 16.4. The van der Waals surface area contributed by atoms with Gasteiger partial charge in [-0.15, -0.1) is 0 Å². The average Bonchev–Trinajstić information content (AvgIpc) is 3.17. The van der Waals surface area contributed by atoms with Crippen molar-refractivity contribution < 1.29 is 23.4 Å². The number of amidine groups is 1. The number of aliphatic hydroxyl groups is 1. The number of nitrogens with zero attached hydrogens (tertiary/aromatic N) is 3. The third-order valence-electron chi connectivity index (χ3n) is 5.72. The van der Waals surface area contributed by atoms with Gasteiger partial charge in [-0.3, -0.25) is 20.5 Å². The van der Waals surface area contributed by atoms with Gasteiger partial charge in [0.25, 0.3) is 5.91 Å². The molecule has 1 amide bonds. The Hall–Kier alpha value is -2.50. The quantitative estimate of drug-likeness (QED) is 0.508. The number of allylic oxidation sites excluding steroid dienone is 3. The number of hydrazone groups is 1. The second-order valence-electron chi connectivity index (χ2n) is 7.75. The van der Waals surface area contributed by atoms with Gasteiger partial charge in [0.1, 0.15) is 41.6 Å². The van der Waals surface area contributed by atoms with Crippen LogP contribution in [0.2, 0.25) is 0 Å². The van der Waals surface area contributed by atoms with Crippen molar-refractivity contribution in [2.24, 2.45) is 26.9 Å². The second kappa shape index (κ2) is 8.70. The SMILES string of the molecule is C[C@@H](NC(=O)C1=NNC2=NC=NC(N[C@@H]3CCOC[C@H]3O)C21)C1CC(F)=CC=C1F. The molecule has 9 nitrogen and oxygen atoms in total. The first-order valence-electron chi connectivity index (χ1n) is 9.91. The molecule has 0 aromatic heterocycles. The Morgan fingerprint density at radius 3 is 3.03 bits per heavy atom. The lowest BCUT2D eigenvalue weighted by atomic mass is 9.91. The van der Waals surface area contributed by atoms with Crippen molar-refractivity contribution in [3.8, 4) is 0 Å². The molecular formula is C19H24F2N6O3. The number of hydrogen-bond donors (Lipinski definition) is 4. The van der Waals surface area contributed by atoms with Crippen molar-refractivity contribution in [3.63, 3.8) is 0 Å². The van der Waals surface area contributed by atoms with E-state index in [1.165, 1.54) is 6.34 Å². The Labute approximate surface area is 172 Å². The Morgan fingerprint density at radius 1 is 1.40 bits per heavy atom. The van der Waals surface area contributed by atoms with E-state index >= 15 is 0 Å². The average molecular weight is 422 g/mol. The van der Waals surface area contributed by atoms with Crippen LogP contribution in [0.5, 0.6) is 0 Å². The summed E-state index contributed by atoms with van der Waals surface area (Å²) in [5.74, 6) is -2.33. The minimum absolute atomic E-state index is 0.110. The van der Waals surface area contributed by atoms with Gasteiger partial charge >= 0.3 is 0 Å². The molecule has 30 heavy (non-hydrogen) atoms. The summed E-state index contributed by atoms with van der Waals surface area (Å²) in [7, 11) is 0. The Kier molecular flexibility index (Phi) is 6.02. The molecule has 6 atom stereocenters. The van der Waals surface area contributed by atoms with E-state index in [0.717, 1.165) is 12.2 Å². The molecule has 11 heteroatoms. The molecule has 1 aliphatic carbocycles. The second-order valence-corrected chi connectivity index (χ2v) is 7.75. The fourth-order valence-corrected chi connectivity index (χ4v) is 3.98. The van der Waals surface area contributed by atoms with Crippen LogP contribution in [0.3, 0.4) is 0 Å². The van der Waals surface area contributed by atoms with E-state index in [-0.39, 0.29) is 24.8 Å². The molecule has 3 unspecified atom stereocenters. The van der Waals surface area contributed by atoms with Crippen LogP contribution < -0.4 is 16.1 Å². The van der Waals surface area contributed by atoms with Crippen LogP contribution in [0.1, 0.15) is 19.8 Å². The van der Waals surface area contributed by atoms with E-state index in [0.29, 0.717) is 18.9 Å². The Balaban J connectivity index is 1.44. The minimum Gasteiger partial charge on any atom is -0.389 e. The van der Waals surface area contributed by atoms with Gasteiger partial charge in [0.15, 0.2) is 0 Å². The normalized spacial score (nSPS) is 34.1. The molecule has 0 saturated carbocycles. The lowest BCUT2D eigenvalue weighted by molar-refractivity contribution is -0.115. The van der Waals surface area contributed by atoms with Gasteiger partial charge in [0.2, 0.25) is 0 Å². The molecule has 1 fully saturated rings. The molecule has 0 aromatic carbocycles. The van der Waals surface area contributed by atoms with Crippen molar-refractivity contribution in [1.29, 1.82) is 0 Å². The van der Waals surface area contributed by atoms with Crippen LogP contribution in [0.4, 0.5) is 8.78 Å². The number of ether oxygens (including phenoxy) is 1. The van der Waals surface area contributed by atoms with Gasteiger partial charge in [-0.2, -0.15) is 5.10 Å². The molecule has 1 saturated heterocycles. The predicted molar refractivity (Wildman–Crippen MR) is 106 cm³/mol. The van der Waals surface area contributed by atoms with Crippen molar-refractivity contribution >= 4 is 23.8 Å². The van der Waals surface area contributed by atoms with Gasteiger partial charge in [-0.05, 0) is 25.5 Å².